The third kappa shape index (κ3) is 3.33. The fourth-order valence-corrected chi connectivity index (χ4v) is 11.4. The van der Waals surface area contributed by atoms with Gasteiger partial charge in [0.15, 0.2) is 0 Å². The Balaban J connectivity index is 1.41. The van der Waals surface area contributed by atoms with E-state index < -0.39 is 5.54 Å². The van der Waals surface area contributed by atoms with E-state index in [0.717, 1.165) is 44.2 Å². The third-order valence-electron chi connectivity index (χ3n) is 12.3. The number of aliphatic hydroxyl groups excluding tert-OH is 1. The topological polar surface area (TPSA) is 87.7 Å². The molecule has 2 aliphatic heterocycles. The standard InChI is InChI=1S/C33H46N2O3/c1-30-11-5-12-31-13-10-25(19-36)33(34,29(30)31)28-9-4-7-22-16-26(37)17-23(18-35-2)27(22)15-21-6-3-8-24(14-21)32(28,20-31)38-30/h16-17,21,24-25,28-29,35-37H,3,5-8,10-15,18-20,34H2,1-2H3/t21-,24+,25+,28+,29-,30-,31+,32-,33+/m1/s1. The van der Waals surface area contributed by atoms with Crippen molar-refractivity contribution in [1.82, 2.24) is 5.32 Å². The maximum Gasteiger partial charge on any atom is 0.116 e. The highest BCUT2D eigenvalue weighted by molar-refractivity contribution is 5.45. The highest BCUT2D eigenvalue weighted by Gasteiger charge is 2.79. The Bertz CT molecular complexity index is 1190. The van der Waals surface area contributed by atoms with Gasteiger partial charge in [0.2, 0.25) is 0 Å². The first-order chi connectivity index (χ1) is 18.3. The molecule has 5 N–H and O–H groups in total. The molecule has 1 spiro atoms. The van der Waals surface area contributed by atoms with E-state index in [2.05, 4.69) is 24.1 Å². The normalized spacial score (nSPS) is 46.7. The summed E-state index contributed by atoms with van der Waals surface area (Å²) in [4.78, 5) is 0. The van der Waals surface area contributed by atoms with Crippen molar-refractivity contribution in [1.29, 1.82) is 0 Å². The van der Waals surface area contributed by atoms with Crippen molar-refractivity contribution in [3.05, 3.63) is 28.8 Å². The van der Waals surface area contributed by atoms with Crippen LogP contribution in [0.1, 0.15) is 87.8 Å². The van der Waals surface area contributed by atoms with Crippen molar-refractivity contribution >= 4 is 0 Å². The lowest BCUT2D eigenvalue weighted by molar-refractivity contribution is -0.381. The van der Waals surface area contributed by atoms with Crippen molar-refractivity contribution in [2.75, 3.05) is 13.7 Å². The summed E-state index contributed by atoms with van der Waals surface area (Å²) in [5.41, 5.74) is 10.7. The predicted molar refractivity (Wildman–Crippen MR) is 148 cm³/mol. The summed E-state index contributed by atoms with van der Waals surface area (Å²) in [5.74, 6) is 9.07. The van der Waals surface area contributed by atoms with Gasteiger partial charge in [-0.25, -0.2) is 0 Å². The first kappa shape index (κ1) is 25.4. The summed E-state index contributed by atoms with van der Waals surface area (Å²) >= 11 is 0. The molecule has 5 aliphatic carbocycles. The van der Waals surface area contributed by atoms with Crippen LogP contribution >= 0.6 is 0 Å². The number of aromatic hydroxyl groups is 1. The monoisotopic (exact) mass is 518 g/mol. The van der Waals surface area contributed by atoms with E-state index in [1.807, 2.05) is 19.2 Å². The Kier molecular flexibility index (Phi) is 5.82. The highest BCUT2D eigenvalue weighted by atomic mass is 16.5. The molecule has 38 heavy (non-hydrogen) atoms. The fraction of sp³-hybridized carbons (Fsp3) is 0.758. The van der Waals surface area contributed by atoms with Gasteiger partial charge in [0.1, 0.15) is 5.75 Å². The molecule has 4 saturated carbocycles. The molecule has 5 nitrogen and oxygen atoms in total. The number of hydrogen-bond acceptors (Lipinski definition) is 5. The van der Waals surface area contributed by atoms with Gasteiger partial charge in [-0.05, 0) is 111 Å². The van der Waals surface area contributed by atoms with Gasteiger partial charge in [-0.2, -0.15) is 0 Å². The third-order valence-corrected chi connectivity index (χ3v) is 12.3. The lowest BCUT2D eigenvalue weighted by atomic mass is 9.33. The van der Waals surface area contributed by atoms with Crippen LogP contribution in [0.5, 0.6) is 5.75 Å². The lowest BCUT2D eigenvalue weighted by Gasteiger charge is -2.79. The summed E-state index contributed by atoms with van der Waals surface area (Å²) < 4.78 is 7.53. The van der Waals surface area contributed by atoms with Gasteiger partial charge in [-0.15, -0.1) is 0 Å². The summed E-state index contributed by atoms with van der Waals surface area (Å²) in [5, 5.41) is 24.6. The van der Waals surface area contributed by atoms with Crippen LogP contribution in [0.25, 0.3) is 0 Å². The number of aliphatic hydroxyl groups is 1. The van der Waals surface area contributed by atoms with E-state index in [4.69, 9.17) is 10.5 Å². The molecule has 7 aliphatic rings. The average molecular weight is 519 g/mol. The van der Waals surface area contributed by atoms with Gasteiger partial charge < -0.3 is 26.0 Å². The summed E-state index contributed by atoms with van der Waals surface area (Å²) in [6.07, 6.45) is 13.3. The summed E-state index contributed by atoms with van der Waals surface area (Å²) in [7, 11) is 1.98. The molecular weight excluding hydrogens is 472 g/mol. The van der Waals surface area contributed by atoms with Gasteiger partial charge >= 0.3 is 0 Å². The molecule has 0 amide bonds. The number of benzene rings is 1. The molecule has 7 bridgehead atoms. The second-order valence-electron chi connectivity index (χ2n) is 14.3. The zero-order valence-corrected chi connectivity index (χ0v) is 23.3. The Morgan fingerprint density at radius 3 is 2.84 bits per heavy atom. The van der Waals surface area contributed by atoms with Crippen LogP contribution in [0, 0.1) is 46.8 Å². The van der Waals surface area contributed by atoms with Crippen molar-refractivity contribution in [2.24, 2.45) is 40.7 Å². The zero-order chi connectivity index (χ0) is 26.3. The molecule has 1 aromatic carbocycles. The maximum atomic E-state index is 10.7. The van der Waals surface area contributed by atoms with Crippen molar-refractivity contribution in [3.63, 3.8) is 0 Å². The average Bonchev–Trinajstić information content (AvgIpc) is 2.88. The van der Waals surface area contributed by atoms with E-state index in [0.29, 0.717) is 24.0 Å². The van der Waals surface area contributed by atoms with E-state index in [-0.39, 0.29) is 41.0 Å². The zero-order valence-electron chi connectivity index (χ0n) is 23.3. The molecule has 2 heterocycles. The van der Waals surface area contributed by atoms with Crippen molar-refractivity contribution < 1.29 is 14.9 Å². The number of hydrogen-bond donors (Lipinski definition) is 4. The number of nitrogens with one attached hydrogen (secondary N) is 1. The van der Waals surface area contributed by atoms with Crippen LogP contribution in [0.3, 0.4) is 0 Å². The Labute approximate surface area is 228 Å². The number of ether oxygens (including phenoxy) is 1. The number of phenols is 1. The molecule has 9 atom stereocenters. The van der Waals surface area contributed by atoms with E-state index in [1.165, 1.54) is 49.7 Å². The van der Waals surface area contributed by atoms with E-state index >= 15 is 0 Å². The minimum Gasteiger partial charge on any atom is -0.508 e. The van der Waals surface area contributed by atoms with Crippen LogP contribution in [-0.2, 0) is 24.1 Å². The smallest absolute Gasteiger partial charge is 0.116 e. The Morgan fingerprint density at radius 2 is 2.03 bits per heavy atom. The maximum absolute atomic E-state index is 10.7. The van der Waals surface area contributed by atoms with Crippen LogP contribution < -0.4 is 11.1 Å². The molecule has 5 heteroatoms. The van der Waals surface area contributed by atoms with Crippen LogP contribution in [0.4, 0.5) is 0 Å². The van der Waals surface area contributed by atoms with Gasteiger partial charge in [0.25, 0.3) is 0 Å². The van der Waals surface area contributed by atoms with Crippen molar-refractivity contribution in [3.8, 4) is 17.6 Å². The van der Waals surface area contributed by atoms with Gasteiger partial charge in [-0.3, -0.25) is 0 Å². The van der Waals surface area contributed by atoms with E-state index in [9.17, 15) is 10.2 Å². The van der Waals surface area contributed by atoms with Gasteiger partial charge in [0, 0.05) is 36.9 Å². The summed E-state index contributed by atoms with van der Waals surface area (Å²) in [6, 6.07) is 3.88. The predicted octanol–water partition coefficient (Wildman–Crippen LogP) is 4.45. The summed E-state index contributed by atoms with van der Waals surface area (Å²) in [6.45, 7) is 3.26. The molecule has 8 rings (SSSR count). The number of phenolic OH excluding ortho intramolecular Hbond substituents is 1. The molecule has 1 aromatic rings. The molecular formula is C33H46N2O3. The minimum atomic E-state index is -0.522. The first-order valence-corrected chi connectivity index (χ1v) is 15.3. The molecule has 0 aromatic heterocycles. The van der Waals surface area contributed by atoms with Crippen LogP contribution in [0.15, 0.2) is 12.1 Å². The number of nitrogens with two attached hydrogens (primary N) is 1. The quantitative estimate of drug-likeness (QED) is 0.444. The lowest BCUT2D eigenvalue weighted by Crippen LogP contribution is -2.86. The van der Waals surface area contributed by atoms with E-state index in [1.54, 1.807) is 0 Å². The first-order valence-electron chi connectivity index (χ1n) is 15.3. The van der Waals surface area contributed by atoms with Crippen LogP contribution in [0.2, 0.25) is 0 Å². The van der Waals surface area contributed by atoms with Gasteiger partial charge in [0.05, 0.1) is 17.1 Å². The second kappa shape index (κ2) is 8.71. The second-order valence-corrected chi connectivity index (χ2v) is 14.3. The largest absolute Gasteiger partial charge is 0.508 e. The number of rotatable bonds is 3. The number of fused-ring (bicyclic) bond motifs is 3. The highest BCUT2D eigenvalue weighted by Crippen LogP contribution is 2.75. The molecule has 0 unspecified atom stereocenters. The van der Waals surface area contributed by atoms with Gasteiger partial charge in [-0.1, -0.05) is 31.1 Å². The molecule has 2 saturated heterocycles. The fourth-order valence-electron chi connectivity index (χ4n) is 11.4. The Hall–Kier alpha value is -1.58. The molecule has 0 radical (unpaired) electrons. The minimum absolute atomic E-state index is 0.0591. The molecule has 6 fully saturated rings. The van der Waals surface area contributed by atoms with Crippen LogP contribution in [-0.4, -0.2) is 40.6 Å². The molecule has 206 valence electrons. The SMILES string of the molecule is CNCc1cc(O)cc2c1C[C@@H]1CCC[C@@H](C1)[C@@]13C[C@@]45CCC[C@@](C)(O1)[C@H]4[C@](N)([C@H](CO)CC5)[C@H]3C#CC2. The van der Waals surface area contributed by atoms with Crippen molar-refractivity contribution in [2.45, 2.75) is 107 Å². The Morgan fingerprint density at radius 1 is 1.16 bits per heavy atom.